The number of fused-ring (bicyclic) bond motifs is 1. The van der Waals surface area contributed by atoms with Crippen LogP contribution in [-0.2, 0) is 7.05 Å². The van der Waals surface area contributed by atoms with Crippen molar-refractivity contribution in [3.8, 4) is 22.3 Å². The molecule has 3 N–H and O–H groups in total. The number of carbonyl (C=O) groups is 1. The number of benzene rings is 3. The van der Waals surface area contributed by atoms with Crippen LogP contribution < -0.4 is 21.5 Å². The van der Waals surface area contributed by atoms with E-state index in [1.54, 1.807) is 38.5 Å². The summed E-state index contributed by atoms with van der Waals surface area (Å²) in [5, 5.41) is 9.10. The molecular weight excluding hydrogens is 469 g/mol. The second-order valence-corrected chi connectivity index (χ2v) is 8.49. The van der Waals surface area contributed by atoms with Gasteiger partial charge in [0, 0.05) is 42.9 Å². The lowest BCUT2D eigenvalue weighted by atomic mass is 10.0. The lowest BCUT2D eigenvalue weighted by molar-refractivity contribution is 0.262. The number of aryl methyl sites for hydroxylation is 1. The number of rotatable bonds is 5. The Morgan fingerprint density at radius 1 is 0.838 bits per heavy atom. The van der Waals surface area contributed by atoms with E-state index in [-0.39, 0.29) is 11.2 Å². The molecule has 2 amide bonds. The van der Waals surface area contributed by atoms with E-state index in [1.807, 2.05) is 48.5 Å². The number of urea groups is 1. The van der Waals surface area contributed by atoms with Gasteiger partial charge in [0.05, 0.1) is 16.9 Å². The molecule has 0 atom stereocenters. The maximum atomic E-state index is 14.7. The highest BCUT2D eigenvalue weighted by atomic mass is 19.1. The van der Waals surface area contributed by atoms with Crippen molar-refractivity contribution in [2.75, 3.05) is 23.0 Å². The van der Waals surface area contributed by atoms with Crippen LogP contribution in [0, 0.1) is 5.82 Å². The van der Waals surface area contributed by atoms with Crippen molar-refractivity contribution in [2.24, 2.45) is 7.05 Å². The van der Waals surface area contributed by atoms with E-state index < -0.39 is 11.8 Å². The maximum Gasteiger partial charge on any atom is 0.323 e. The summed E-state index contributed by atoms with van der Waals surface area (Å²) in [5.74, 6) is 0.0246. The van der Waals surface area contributed by atoms with Crippen LogP contribution >= 0.6 is 0 Å². The van der Waals surface area contributed by atoms with Gasteiger partial charge in [0.25, 0.3) is 5.56 Å². The molecule has 5 rings (SSSR count). The van der Waals surface area contributed by atoms with Crippen LogP contribution in [0.15, 0.2) is 95.9 Å². The van der Waals surface area contributed by atoms with Gasteiger partial charge in [-0.05, 0) is 35.4 Å². The lowest BCUT2D eigenvalue weighted by Gasteiger charge is -2.14. The van der Waals surface area contributed by atoms with Crippen LogP contribution in [0.1, 0.15) is 0 Å². The number of hydrogen-bond donors (Lipinski definition) is 3. The van der Waals surface area contributed by atoms with Crippen molar-refractivity contribution in [2.45, 2.75) is 0 Å². The Labute approximate surface area is 212 Å². The lowest BCUT2D eigenvalue weighted by Crippen LogP contribution is -2.21. The van der Waals surface area contributed by atoms with Gasteiger partial charge in [-0.1, -0.05) is 54.6 Å². The molecule has 0 aliphatic rings. The first-order chi connectivity index (χ1) is 17.9. The van der Waals surface area contributed by atoms with E-state index in [0.29, 0.717) is 28.1 Å². The average molecular weight is 494 g/mol. The fourth-order valence-electron chi connectivity index (χ4n) is 4.23. The van der Waals surface area contributed by atoms with Crippen molar-refractivity contribution >= 4 is 34.1 Å². The van der Waals surface area contributed by atoms with Crippen molar-refractivity contribution < 1.29 is 9.18 Å². The average Bonchev–Trinajstić information content (AvgIpc) is 2.92. The van der Waals surface area contributed by atoms with Crippen LogP contribution in [0.25, 0.3) is 33.2 Å². The SMILES string of the molecule is CNc1cc2c(cn1)cc(-c1ccc(F)c(NC(=O)Nc3ccccc3-c3ccccc3)c1)c(=O)n2C. The number of carbonyl (C=O) groups excluding carboxylic acids is 1. The van der Waals surface area contributed by atoms with Crippen LogP contribution in [0.2, 0.25) is 0 Å². The third kappa shape index (κ3) is 4.77. The van der Waals surface area contributed by atoms with Gasteiger partial charge in [-0.3, -0.25) is 4.79 Å². The Kier molecular flexibility index (Phi) is 6.38. The van der Waals surface area contributed by atoms with E-state index in [4.69, 9.17) is 0 Å². The van der Waals surface area contributed by atoms with E-state index in [9.17, 15) is 14.0 Å². The summed E-state index contributed by atoms with van der Waals surface area (Å²) < 4.78 is 16.2. The molecule has 2 heterocycles. The second kappa shape index (κ2) is 9.94. The van der Waals surface area contributed by atoms with Crippen molar-refractivity contribution in [3.05, 3.63) is 107 Å². The normalized spacial score (nSPS) is 10.8. The molecular formula is C29H24FN5O2. The van der Waals surface area contributed by atoms with Crippen LogP contribution in [0.5, 0.6) is 0 Å². The summed E-state index contributed by atoms with van der Waals surface area (Å²) in [5.41, 5.74) is 3.62. The van der Waals surface area contributed by atoms with Gasteiger partial charge in [0.15, 0.2) is 0 Å². The van der Waals surface area contributed by atoms with Crippen molar-refractivity contribution in [1.29, 1.82) is 0 Å². The highest BCUT2D eigenvalue weighted by Gasteiger charge is 2.15. The predicted octanol–water partition coefficient (Wildman–Crippen LogP) is 6.09. The number of aromatic nitrogens is 2. The number of nitrogens with one attached hydrogen (secondary N) is 3. The highest BCUT2D eigenvalue weighted by molar-refractivity contribution is 6.02. The summed E-state index contributed by atoms with van der Waals surface area (Å²) in [4.78, 5) is 30.3. The maximum absolute atomic E-state index is 14.7. The zero-order valence-corrected chi connectivity index (χ0v) is 20.2. The number of para-hydroxylation sites is 1. The Morgan fingerprint density at radius 2 is 1.57 bits per heavy atom. The summed E-state index contributed by atoms with van der Waals surface area (Å²) in [6.07, 6.45) is 1.67. The summed E-state index contributed by atoms with van der Waals surface area (Å²) >= 11 is 0. The number of anilines is 3. The molecule has 7 nitrogen and oxygen atoms in total. The van der Waals surface area contributed by atoms with Crippen LogP contribution in [0.4, 0.5) is 26.4 Å². The van der Waals surface area contributed by atoms with Crippen LogP contribution in [0.3, 0.4) is 0 Å². The first-order valence-corrected chi connectivity index (χ1v) is 11.6. The summed E-state index contributed by atoms with van der Waals surface area (Å²) in [7, 11) is 3.43. The molecule has 0 saturated carbocycles. The molecule has 37 heavy (non-hydrogen) atoms. The molecule has 0 unspecified atom stereocenters. The molecule has 0 saturated heterocycles. The molecule has 3 aromatic carbocycles. The van der Waals surface area contributed by atoms with E-state index in [1.165, 1.54) is 22.8 Å². The van der Waals surface area contributed by atoms with Gasteiger partial charge in [-0.25, -0.2) is 14.2 Å². The summed E-state index contributed by atoms with van der Waals surface area (Å²) in [6.45, 7) is 0. The van der Waals surface area contributed by atoms with Gasteiger partial charge in [0.2, 0.25) is 0 Å². The molecule has 0 bridgehead atoms. The largest absolute Gasteiger partial charge is 0.373 e. The van der Waals surface area contributed by atoms with Gasteiger partial charge in [-0.15, -0.1) is 0 Å². The molecule has 184 valence electrons. The van der Waals surface area contributed by atoms with E-state index >= 15 is 0 Å². The van der Waals surface area contributed by atoms with Gasteiger partial charge >= 0.3 is 6.03 Å². The molecule has 2 aromatic heterocycles. The van der Waals surface area contributed by atoms with E-state index in [0.717, 1.165) is 16.5 Å². The number of hydrogen-bond acceptors (Lipinski definition) is 4. The molecule has 0 radical (unpaired) electrons. The zero-order valence-electron chi connectivity index (χ0n) is 20.2. The van der Waals surface area contributed by atoms with Crippen molar-refractivity contribution in [1.82, 2.24) is 9.55 Å². The molecule has 5 aromatic rings. The third-order valence-electron chi connectivity index (χ3n) is 6.15. The Bertz CT molecular complexity index is 1680. The molecule has 0 fully saturated rings. The summed E-state index contributed by atoms with van der Waals surface area (Å²) in [6, 6.07) is 24.1. The minimum Gasteiger partial charge on any atom is -0.373 e. The molecule has 0 aliphatic carbocycles. The fourth-order valence-corrected chi connectivity index (χ4v) is 4.23. The van der Waals surface area contributed by atoms with E-state index in [2.05, 4.69) is 20.9 Å². The Hall–Kier alpha value is -4.98. The Balaban J connectivity index is 1.45. The molecule has 0 spiro atoms. The van der Waals surface area contributed by atoms with Gasteiger partial charge < -0.3 is 20.5 Å². The molecule has 8 heteroatoms. The highest BCUT2D eigenvalue weighted by Crippen LogP contribution is 2.29. The first kappa shape index (κ1) is 23.7. The number of halogens is 1. The minimum absolute atomic E-state index is 0.0435. The Morgan fingerprint density at radius 3 is 2.35 bits per heavy atom. The quantitative estimate of drug-likeness (QED) is 0.276. The third-order valence-corrected chi connectivity index (χ3v) is 6.15. The second-order valence-electron chi connectivity index (χ2n) is 8.49. The number of nitrogens with zero attached hydrogens (tertiary/aromatic N) is 2. The van der Waals surface area contributed by atoms with Crippen LogP contribution in [-0.4, -0.2) is 22.6 Å². The number of pyridine rings is 2. The van der Waals surface area contributed by atoms with Crippen molar-refractivity contribution in [3.63, 3.8) is 0 Å². The first-order valence-electron chi connectivity index (χ1n) is 11.6. The fraction of sp³-hybridized carbons (Fsp3) is 0.0690. The smallest absolute Gasteiger partial charge is 0.323 e. The van der Waals surface area contributed by atoms with Gasteiger partial charge in [0.1, 0.15) is 11.6 Å². The zero-order chi connectivity index (χ0) is 25.9. The predicted molar refractivity (Wildman–Crippen MR) is 146 cm³/mol. The monoisotopic (exact) mass is 493 g/mol. The minimum atomic E-state index is -0.617. The topological polar surface area (TPSA) is 88.1 Å². The number of amides is 2. The standard InChI is InChI=1S/C29H24FN5O2/c1-31-27-16-26-20(17-32-27)14-22(28(36)35(26)2)19-12-13-23(30)25(15-19)34-29(37)33-24-11-7-6-10-21(24)18-8-4-3-5-9-18/h3-17H,1-2H3,(H,31,32)(H2,33,34,37). The van der Waals surface area contributed by atoms with Gasteiger partial charge in [-0.2, -0.15) is 0 Å². The molecule has 0 aliphatic heterocycles.